The highest BCUT2D eigenvalue weighted by Gasteiger charge is 2.22. The van der Waals surface area contributed by atoms with Crippen molar-refractivity contribution in [2.75, 3.05) is 11.9 Å². The van der Waals surface area contributed by atoms with Gasteiger partial charge in [0.15, 0.2) is 0 Å². The maximum absolute atomic E-state index is 12.7. The Morgan fingerprint density at radius 2 is 2.04 bits per heavy atom. The smallest absolute Gasteiger partial charge is 0.341 e. The maximum atomic E-state index is 12.7. The Hall–Kier alpha value is -2.74. The van der Waals surface area contributed by atoms with Crippen LogP contribution in [0.2, 0.25) is 0 Å². The molecule has 1 aromatic carbocycles. The Morgan fingerprint density at radius 3 is 2.73 bits per heavy atom. The number of anilines is 1. The fourth-order valence-electron chi connectivity index (χ4n) is 2.69. The molecule has 2 heterocycles. The third-order valence-electron chi connectivity index (χ3n) is 4.17. The molecule has 0 aliphatic rings. The summed E-state index contributed by atoms with van der Waals surface area (Å²) in [5, 5.41) is 11.5. The summed E-state index contributed by atoms with van der Waals surface area (Å²) in [6, 6.07) is 5.25. The summed E-state index contributed by atoms with van der Waals surface area (Å²) >= 11 is 1.36. The highest BCUT2D eigenvalue weighted by atomic mass is 32.1. The first kappa shape index (κ1) is 18.1. The quantitative estimate of drug-likeness (QED) is 0.692. The van der Waals surface area contributed by atoms with E-state index in [0.717, 1.165) is 16.0 Å². The predicted molar refractivity (Wildman–Crippen MR) is 101 cm³/mol. The SMILES string of the molecule is CCOC(=O)c1c(NC(=O)c2ccc3c(c2)nnn3CC)sc(C)c1C. The number of ether oxygens (including phenoxy) is 1. The third-order valence-corrected chi connectivity index (χ3v) is 5.29. The number of aromatic nitrogens is 3. The molecule has 0 spiro atoms. The number of hydrogen-bond acceptors (Lipinski definition) is 6. The second kappa shape index (κ2) is 7.25. The van der Waals surface area contributed by atoms with Crippen molar-refractivity contribution in [1.29, 1.82) is 0 Å². The number of rotatable bonds is 5. The summed E-state index contributed by atoms with van der Waals surface area (Å²) in [5.41, 5.74) is 3.23. The minimum atomic E-state index is -0.425. The second-order valence-electron chi connectivity index (χ2n) is 5.77. The van der Waals surface area contributed by atoms with Gasteiger partial charge in [-0.1, -0.05) is 5.21 Å². The van der Waals surface area contributed by atoms with Gasteiger partial charge in [-0.2, -0.15) is 0 Å². The molecule has 0 radical (unpaired) electrons. The predicted octanol–water partition coefficient (Wildman–Crippen LogP) is 3.56. The molecule has 26 heavy (non-hydrogen) atoms. The van der Waals surface area contributed by atoms with Crippen molar-refractivity contribution >= 4 is 39.2 Å². The van der Waals surface area contributed by atoms with Gasteiger partial charge in [0.1, 0.15) is 10.5 Å². The Kier molecular flexibility index (Phi) is 5.03. The van der Waals surface area contributed by atoms with Gasteiger partial charge in [-0.05, 0) is 51.5 Å². The second-order valence-corrected chi connectivity index (χ2v) is 7.00. The molecule has 3 rings (SSSR count). The standard InChI is InChI=1S/C18H20N4O3S/c1-5-22-14-8-7-12(9-13(14)20-21-22)16(23)19-17-15(18(24)25-6-2)10(3)11(4)26-17/h7-9H,5-6H2,1-4H3,(H,19,23). The van der Waals surface area contributed by atoms with Crippen LogP contribution >= 0.6 is 11.3 Å². The Balaban J connectivity index is 1.91. The molecule has 8 heteroatoms. The molecule has 3 aromatic rings. The monoisotopic (exact) mass is 372 g/mol. The molecule has 0 saturated carbocycles. The van der Waals surface area contributed by atoms with E-state index < -0.39 is 5.97 Å². The highest BCUT2D eigenvalue weighted by molar-refractivity contribution is 7.16. The first-order valence-electron chi connectivity index (χ1n) is 8.37. The number of esters is 1. The van der Waals surface area contributed by atoms with Gasteiger partial charge in [-0.15, -0.1) is 16.4 Å². The molecule has 7 nitrogen and oxygen atoms in total. The number of carbonyl (C=O) groups is 2. The van der Waals surface area contributed by atoms with Crippen LogP contribution in [0, 0.1) is 13.8 Å². The number of amides is 1. The Labute approximate surface area is 155 Å². The van der Waals surface area contributed by atoms with Crippen molar-refractivity contribution in [3.05, 3.63) is 39.8 Å². The lowest BCUT2D eigenvalue weighted by Gasteiger charge is -2.07. The molecule has 0 aliphatic carbocycles. The molecule has 136 valence electrons. The van der Waals surface area contributed by atoms with Crippen LogP contribution in [0.3, 0.4) is 0 Å². The van der Waals surface area contributed by atoms with Gasteiger partial charge in [-0.3, -0.25) is 4.79 Å². The molecule has 1 N–H and O–H groups in total. The molecular weight excluding hydrogens is 352 g/mol. The van der Waals surface area contributed by atoms with E-state index in [1.54, 1.807) is 23.7 Å². The van der Waals surface area contributed by atoms with Gasteiger partial charge >= 0.3 is 5.97 Å². The van der Waals surface area contributed by atoms with Crippen LogP contribution in [0.5, 0.6) is 0 Å². The molecule has 0 fully saturated rings. The fourth-order valence-corrected chi connectivity index (χ4v) is 3.73. The Bertz CT molecular complexity index is 990. The number of nitrogens with one attached hydrogen (secondary N) is 1. The highest BCUT2D eigenvalue weighted by Crippen LogP contribution is 2.33. The summed E-state index contributed by atoms with van der Waals surface area (Å²) in [6.45, 7) is 8.48. The van der Waals surface area contributed by atoms with E-state index in [4.69, 9.17) is 4.74 Å². The van der Waals surface area contributed by atoms with Crippen LogP contribution in [0.15, 0.2) is 18.2 Å². The molecule has 0 saturated heterocycles. The molecule has 1 amide bonds. The lowest BCUT2D eigenvalue weighted by molar-refractivity contribution is 0.0527. The van der Waals surface area contributed by atoms with Crippen molar-refractivity contribution in [3.63, 3.8) is 0 Å². The minimum Gasteiger partial charge on any atom is -0.462 e. The average Bonchev–Trinajstić information content (AvgIpc) is 3.15. The zero-order chi connectivity index (χ0) is 18.8. The zero-order valence-corrected chi connectivity index (χ0v) is 15.9. The van der Waals surface area contributed by atoms with Gasteiger partial charge in [0.2, 0.25) is 0 Å². The summed E-state index contributed by atoms with van der Waals surface area (Å²) in [7, 11) is 0. The number of thiophene rings is 1. The number of fused-ring (bicyclic) bond motifs is 1. The average molecular weight is 372 g/mol. The lowest BCUT2D eigenvalue weighted by Crippen LogP contribution is -2.15. The Morgan fingerprint density at radius 1 is 1.27 bits per heavy atom. The summed E-state index contributed by atoms with van der Waals surface area (Å²) in [5.74, 6) is -0.726. The van der Waals surface area contributed by atoms with Crippen LogP contribution in [-0.2, 0) is 11.3 Å². The van der Waals surface area contributed by atoms with E-state index in [1.165, 1.54) is 11.3 Å². The van der Waals surface area contributed by atoms with E-state index in [-0.39, 0.29) is 12.5 Å². The number of nitrogens with zero attached hydrogens (tertiary/aromatic N) is 3. The molecular formula is C18H20N4O3S. The minimum absolute atomic E-state index is 0.282. The molecule has 0 bridgehead atoms. The summed E-state index contributed by atoms with van der Waals surface area (Å²) in [6.07, 6.45) is 0. The van der Waals surface area contributed by atoms with Gasteiger partial charge in [-0.25, -0.2) is 9.48 Å². The van der Waals surface area contributed by atoms with Crippen molar-refractivity contribution in [2.45, 2.75) is 34.2 Å². The van der Waals surface area contributed by atoms with Crippen LogP contribution < -0.4 is 5.32 Å². The molecule has 0 unspecified atom stereocenters. The van der Waals surface area contributed by atoms with Crippen molar-refractivity contribution in [3.8, 4) is 0 Å². The van der Waals surface area contributed by atoms with Crippen molar-refractivity contribution < 1.29 is 14.3 Å². The zero-order valence-electron chi connectivity index (χ0n) is 15.1. The topological polar surface area (TPSA) is 86.1 Å². The van der Waals surface area contributed by atoms with Gasteiger partial charge in [0.05, 0.1) is 17.7 Å². The van der Waals surface area contributed by atoms with Crippen molar-refractivity contribution in [1.82, 2.24) is 15.0 Å². The van der Waals surface area contributed by atoms with E-state index in [1.807, 2.05) is 26.8 Å². The van der Waals surface area contributed by atoms with E-state index in [0.29, 0.717) is 28.2 Å². The van der Waals surface area contributed by atoms with E-state index in [2.05, 4.69) is 15.6 Å². The third kappa shape index (κ3) is 3.20. The van der Waals surface area contributed by atoms with Crippen LogP contribution in [0.4, 0.5) is 5.00 Å². The summed E-state index contributed by atoms with van der Waals surface area (Å²) in [4.78, 5) is 25.9. The van der Waals surface area contributed by atoms with Crippen LogP contribution in [0.25, 0.3) is 11.0 Å². The number of carbonyl (C=O) groups excluding carboxylic acids is 2. The van der Waals surface area contributed by atoms with Crippen molar-refractivity contribution in [2.24, 2.45) is 0 Å². The lowest BCUT2D eigenvalue weighted by atomic mass is 10.1. The van der Waals surface area contributed by atoms with E-state index >= 15 is 0 Å². The van der Waals surface area contributed by atoms with Crippen LogP contribution in [-0.4, -0.2) is 33.5 Å². The first-order chi connectivity index (χ1) is 12.5. The van der Waals surface area contributed by atoms with Crippen LogP contribution in [0.1, 0.15) is 45.0 Å². The summed E-state index contributed by atoms with van der Waals surface area (Å²) < 4.78 is 6.88. The first-order valence-corrected chi connectivity index (χ1v) is 9.19. The fraction of sp³-hybridized carbons (Fsp3) is 0.333. The largest absolute Gasteiger partial charge is 0.462 e. The van der Waals surface area contributed by atoms with Gasteiger partial charge < -0.3 is 10.1 Å². The molecule has 0 atom stereocenters. The molecule has 2 aromatic heterocycles. The molecule has 0 aliphatic heterocycles. The number of hydrogen-bond donors (Lipinski definition) is 1. The number of benzene rings is 1. The van der Waals surface area contributed by atoms with Gasteiger partial charge in [0.25, 0.3) is 5.91 Å². The number of aryl methyl sites for hydroxylation is 2. The normalized spacial score (nSPS) is 10.9. The van der Waals surface area contributed by atoms with E-state index in [9.17, 15) is 9.59 Å². The maximum Gasteiger partial charge on any atom is 0.341 e. The van der Waals surface area contributed by atoms with Gasteiger partial charge in [0, 0.05) is 17.0 Å².